The third kappa shape index (κ3) is 2.16. The molecule has 15 heavy (non-hydrogen) atoms. The molecule has 1 heterocycles. The molecule has 0 saturated heterocycles. The Labute approximate surface area is 101 Å². The van der Waals surface area contributed by atoms with Crippen LogP contribution < -0.4 is 4.74 Å². The molecular formula is C10H8BrClN2O. The molecule has 0 saturated carbocycles. The second-order valence-electron chi connectivity index (χ2n) is 2.94. The van der Waals surface area contributed by atoms with E-state index in [0.29, 0.717) is 5.28 Å². The van der Waals surface area contributed by atoms with Crippen molar-refractivity contribution in [2.75, 3.05) is 7.11 Å². The summed E-state index contributed by atoms with van der Waals surface area (Å²) in [6, 6.07) is 5.77. The number of aromatic nitrogens is 2. The van der Waals surface area contributed by atoms with E-state index in [0.717, 1.165) is 21.5 Å². The first-order chi connectivity index (χ1) is 7.20. The maximum Gasteiger partial charge on any atom is 0.200 e. The second-order valence-corrected chi connectivity index (χ2v) is 4.15. The number of aromatic amines is 1. The first-order valence-electron chi connectivity index (χ1n) is 4.25. The van der Waals surface area contributed by atoms with Crippen molar-refractivity contribution in [1.82, 2.24) is 9.97 Å². The zero-order valence-electron chi connectivity index (χ0n) is 7.92. The first-order valence-corrected chi connectivity index (χ1v) is 5.42. The molecule has 0 aliphatic rings. The minimum absolute atomic E-state index is 0.386. The Morgan fingerprint density at radius 2 is 2.27 bits per heavy atom. The molecule has 0 aliphatic carbocycles. The molecule has 0 atom stereocenters. The molecule has 0 unspecified atom stereocenters. The highest BCUT2D eigenvalue weighted by molar-refractivity contribution is 9.10. The van der Waals surface area contributed by atoms with Crippen LogP contribution in [0.25, 0.3) is 11.3 Å². The average molecular weight is 288 g/mol. The Morgan fingerprint density at radius 1 is 1.47 bits per heavy atom. The molecule has 0 amide bonds. The molecule has 0 radical (unpaired) electrons. The number of rotatable bonds is 2. The largest absolute Gasteiger partial charge is 0.496 e. The molecule has 1 N–H and O–H groups in total. The highest BCUT2D eigenvalue weighted by Gasteiger charge is 2.05. The zero-order valence-corrected chi connectivity index (χ0v) is 10.3. The van der Waals surface area contributed by atoms with Gasteiger partial charge in [-0.15, -0.1) is 0 Å². The molecule has 1 aromatic heterocycles. The summed E-state index contributed by atoms with van der Waals surface area (Å²) in [6.07, 6.45) is 1.69. The van der Waals surface area contributed by atoms with Crippen molar-refractivity contribution < 1.29 is 4.74 Å². The van der Waals surface area contributed by atoms with Gasteiger partial charge in [0.25, 0.3) is 0 Å². The molecule has 0 spiro atoms. The summed E-state index contributed by atoms with van der Waals surface area (Å²) in [7, 11) is 1.63. The van der Waals surface area contributed by atoms with Crippen LogP contribution in [0.1, 0.15) is 0 Å². The number of nitrogens with zero attached hydrogens (tertiary/aromatic N) is 1. The van der Waals surface area contributed by atoms with Crippen molar-refractivity contribution in [1.29, 1.82) is 0 Å². The molecule has 3 nitrogen and oxygen atoms in total. The number of halogens is 2. The van der Waals surface area contributed by atoms with E-state index in [1.807, 2.05) is 18.2 Å². The van der Waals surface area contributed by atoms with Gasteiger partial charge in [-0.25, -0.2) is 4.98 Å². The number of imidazole rings is 1. The van der Waals surface area contributed by atoms with E-state index in [1.54, 1.807) is 13.3 Å². The molecule has 0 bridgehead atoms. The summed E-state index contributed by atoms with van der Waals surface area (Å²) in [5, 5.41) is 0.386. The second kappa shape index (κ2) is 4.24. The van der Waals surface area contributed by atoms with Gasteiger partial charge in [0.05, 0.1) is 23.5 Å². The monoisotopic (exact) mass is 286 g/mol. The Bertz CT molecular complexity index is 484. The van der Waals surface area contributed by atoms with Crippen LogP contribution in [0.5, 0.6) is 5.75 Å². The molecule has 0 fully saturated rings. The number of hydrogen-bond acceptors (Lipinski definition) is 2. The third-order valence-electron chi connectivity index (χ3n) is 2.01. The predicted octanol–water partition coefficient (Wildman–Crippen LogP) is 3.50. The van der Waals surface area contributed by atoms with Gasteiger partial charge in [-0.3, -0.25) is 0 Å². The van der Waals surface area contributed by atoms with E-state index in [2.05, 4.69) is 25.9 Å². The minimum atomic E-state index is 0.386. The van der Waals surface area contributed by atoms with Crippen molar-refractivity contribution >= 4 is 27.5 Å². The zero-order chi connectivity index (χ0) is 10.8. The van der Waals surface area contributed by atoms with Crippen LogP contribution in [-0.2, 0) is 0 Å². The lowest BCUT2D eigenvalue weighted by Crippen LogP contribution is -1.85. The van der Waals surface area contributed by atoms with Crippen LogP contribution in [-0.4, -0.2) is 17.1 Å². The van der Waals surface area contributed by atoms with Crippen molar-refractivity contribution in [3.8, 4) is 17.0 Å². The van der Waals surface area contributed by atoms with Gasteiger partial charge in [-0.1, -0.05) is 0 Å². The number of hydrogen-bond donors (Lipinski definition) is 1. The first kappa shape index (κ1) is 10.5. The highest BCUT2D eigenvalue weighted by Crippen LogP contribution is 2.29. The summed E-state index contributed by atoms with van der Waals surface area (Å²) in [6.45, 7) is 0. The molecular weight excluding hydrogens is 279 g/mol. The van der Waals surface area contributed by atoms with Crippen LogP contribution in [0.2, 0.25) is 5.28 Å². The molecule has 2 aromatic rings. The highest BCUT2D eigenvalue weighted by atomic mass is 79.9. The third-order valence-corrected chi connectivity index (χ3v) is 2.82. The summed E-state index contributed by atoms with van der Waals surface area (Å²) in [4.78, 5) is 6.88. The lowest BCUT2D eigenvalue weighted by molar-refractivity contribution is 0.412. The SMILES string of the molecule is COc1ccc(-c2cnc(Cl)[nH]2)cc1Br. The fraction of sp³-hybridized carbons (Fsp3) is 0.100. The number of H-pyrrole nitrogens is 1. The molecule has 78 valence electrons. The fourth-order valence-electron chi connectivity index (χ4n) is 1.28. The van der Waals surface area contributed by atoms with E-state index in [4.69, 9.17) is 16.3 Å². The number of methoxy groups -OCH3 is 1. The summed E-state index contributed by atoms with van der Waals surface area (Å²) in [5.74, 6) is 0.796. The van der Waals surface area contributed by atoms with Crippen LogP contribution >= 0.6 is 27.5 Å². The van der Waals surface area contributed by atoms with E-state index in [-0.39, 0.29) is 0 Å². The number of benzene rings is 1. The topological polar surface area (TPSA) is 37.9 Å². The van der Waals surface area contributed by atoms with Crippen molar-refractivity contribution in [3.63, 3.8) is 0 Å². The summed E-state index contributed by atoms with van der Waals surface area (Å²) in [5.41, 5.74) is 1.88. The van der Waals surface area contributed by atoms with E-state index < -0.39 is 0 Å². The molecule has 0 aliphatic heterocycles. The molecule has 2 rings (SSSR count). The maximum atomic E-state index is 5.71. The predicted molar refractivity (Wildman–Crippen MR) is 63.3 cm³/mol. The minimum Gasteiger partial charge on any atom is -0.496 e. The van der Waals surface area contributed by atoms with Gasteiger partial charge in [0.15, 0.2) is 5.28 Å². The van der Waals surface area contributed by atoms with E-state index in [1.165, 1.54) is 0 Å². The number of ether oxygens (including phenoxy) is 1. The van der Waals surface area contributed by atoms with E-state index in [9.17, 15) is 0 Å². The standard InChI is InChI=1S/C10H8BrClN2O/c1-15-9-3-2-6(4-7(9)11)8-5-13-10(12)14-8/h2-5H,1H3,(H,13,14). The molecule has 1 aromatic carbocycles. The summed E-state index contributed by atoms with van der Waals surface area (Å²) < 4.78 is 6.04. The smallest absolute Gasteiger partial charge is 0.200 e. The van der Waals surface area contributed by atoms with Gasteiger partial charge < -0.3 is 9.72 Å². The average Bonchev–Trinajstić information content (AvgIpc) is 2.65. The number of nitrogens with one attached hydrogen (secondary N) is 1. The van der Waals surface area contributed by atoms with Crippen molar-refractivity contribution in [2.45, 2.75) is 0 Å². The molecule has 5 heteroatoms. The van der Waals surface area contributed by atoms with Gasteiger partial charge >= 0.3 is 0 Å². The van der Waals surface area contributed by atoms with Crippen molar-refractivity contribution in [2.24, 2.45) is 0 Å². The lowest BCUT2D eigenvalue weighted by atomic mass is 10.2. The summed E-state index contributed by atoms with van der Waals surface area (Å²) >= 11 is 9.12. The van der Waals surface area contributed by atoms with E-state index >= 15 is 0 Å². The normalized spacial score (nSPS) is 10.3. The van der Waals surface area contributed by atoms with Crippen LogP contribution in [0.3, 0.4) is 0 Å². The maximum absolute atomic E-state index is 5.71. The Morgan fingerprint density at radius 3 is 2.80 bits per heavy atom. The quantitative estimate of drug-likeness (QED) is 0.918. The Kier molecular flexibility index (Phi) is 2.98. The fourth-order valence-corrected chi connectivity index (χ4v) is 1.97. The van der Waals surface area contributed by atoms with Gasteiger partial charge in [0, 0.05) is 5.56 Å². The lowest BCUT2D eigenvalue weighted by Gasteiger charge is -2.04. The van der Waals surface area contributed by atoms with Gasteiger partial charge in [0.2, 0.25) is 0 Å². The van der Waals surface area contributed by atoms with Crippen LogP contribution in [0.4, 0.5) is 0 Å². The van der Waals surface area contributed by atoms with Gasteiger partial charge in [0.1, 0.15) is 5.75 Å². The van der Waals surface area contributed by atoms with Crippen molar-refractivity contribution in [3.05, 3.63) is 34.2 Å². The van der Waals surface area contributed by atoms with Crippen LogP contribution in [0.15, 0.2) is 28.9 Å². The Hall–Kier alpha value is -1.00. The van der Waals surface area contributed by atoms with Gasteiger partial charge in [-0.05, 0) is 45.7 Å². The van der Waals surface area contributed by atoms with Crippen LogP contribution in [0, 0.1) is 0 Å². The van der Waals surface area contributed by atoms with Gasteiger partial charge in [-0.2, -0.15) is 0 Å². The Balaban J connectivity index is 2.42.